The molecule has 2 aliphatic heterocycles. The molecule has 0 spiro atoms. The Bertz CT molecular complexity index is 352. The van der Waals surface area contributed by atoms with Gasteiger partial charge in [0.25, 0.3) is 0 Å². The van der Waals surface area contributed by atoms with Gasteiger partial charge in [-0.25, -0.2) is 0 Å². The maximum atomic E-state index is 11.1. The van der Waals surface area contributed by atoms with Gasteiger partial charge in [0, 0.05) is 13.5 Å². The summed E-state index contributed by atoms with van der Waals surface area (Å²) in [5.41, 5.74) is -1.05. The van der Waals surface area contributed by atoms with Crippen LogP contribution in [0.3, 0.4) is 0 Å². The van der Waals surface area contributed by atoms with Crippen molar-refractivity contribution in [1.29, 1.82) is 0 Å². The number of ether oxygens (including phenoxy) is 3. The average molecular weight is 289 g/mol. The summed E-state index contributed by atoms with van der Waals surface area (Å²) in [7, 11) is 0. The summed E-state index contributed by atoms with van der Waals surface area (Å²) >= 11 is 0. The highest BCUT2D eigenvalue weighted by molar-refractivity contribution is 5.73. The second-order valence-corrected chi connectivity index (χ2v) is 5.43. The molecule has 2 heterocycles. The minimum absolute atomic E-state index is 0.137. The summed E-state index contributed by atoms with van der Waals surface area (Å²) in [6.45, 7) is 4.27. The summed E-state index contributed by atoms with van der Waals surface area (Å²) in [4.78, 5) is 11.1. The standard InChI is InChI=1S/C13H23NO6/c1-3-4-5-18-6-13-7-19-12(20-13)9(14-8(2)15)10(16)11(13)17/h9-12,16-17H,3-7H2,1-2H3,(H,14,15). The summed E-state index contributed by atoms with van der Waals surface area (Å²) in [5, 5.41) is 23.0. The maximum absolute atomic E-state index is 11.1. The lowest BCUT2D eigenvalue weighted by Gasteiger charge is -2.42. The minimum Gasteiger partial charge on any atom is -0.388 e. The fourth-order valence-corrected chi connectivity index (χ4v) is 2.56. The number of hydrogen-bond donors (Lipinski definition) is 3. The third kappa shape index (κ3) is 2.96. The SMILES string of the molecule is CCCCOCC12COC(O1)C(NC(C)=O)C(O)C2O. The van der Waals surface area contributed by atoms with Crippen LogP contribution in [0.5, 0.6) is 0 Å². The van der Waals surface area contributed by atoms with Crippen molar-refractivity contribution < 1.29 is 29.2 Å². The second-order valence-electron chi connectivity index (χ2n) is 5.43. The Balaban J connectivity index is 1.99. The maximum Gasteiger partial charge on any atom is 0.217 e. The Morgan fingerprint density at radius 1 is 1.50 bits per heavy atom. The first kappa shape index (κ1) is 15.7. The molecule has 2 saturated heterocycles. The molecule has 2 bridgehead atoms. The van der Waals surface area contributed by atoms with Crippen LogP contribution in [0.4, 0.5) is 0 Å². The van der Waals surface area contributed by atoms with Crippen molar-refractivity contribution in [1.82, 2.24) is 5.32 Å². The molecule has 5 unspecified atom stereocenters. The summed E-state index contributed by atoms with van der Waals surface area (Å²) < 4.78 is 16.7. The van der Waals surface area contributed by atoms with Crippen LogP contribution in [0.25, 0.3) is 0 Å². The van der Waals surface area contributed by atoms with Crippen molar-refractivity contribution >= 4 is 5.91 Å². The molecule has 5 atom stereocenters. The molecule has 7 nitrogen and oxygen atoms in total. The van der Waals surface area contributed by atoms with Crippen LogP contribution >= 0.6 is 0 Å². The highest BCUT2D eigenvalue weighted by Crippen LogP contribution is 2.37. The van der Waals surface area contributed by atoms with E-state index in [0.717, 1.165) is 12.8 Å². The molecule has 2 aliphatic rings. The molecule has 3 N–H and O–H groups in total. The molecule has 0 saturated carbocycles. The molecule has 0 radical (unpaired) electrons. The van der Waals surface area contributed by atoms with Gasteiger partial charge in [-0.15, -0.1) is 0 Å². The molecule has 2 rings (SSSR count). The van der Waals surface area contributed by atoms with E-state index in [-0.39, 0.29) is 19.1 Å². The van der Waals surface area contributed by atoms with E-state index in [2.05, 4.69) is 12.2 Å². The Morgan fingerprint density at radius 3 is 2.90 bits per heavy atom. The van der Waals surface area contributed by atoms with E-state index in [1.807, 2.05) is 0 Å². The van der Waals surface area contributed by atoms with Gasteiger partial charge in [0.2, 0.25) is 5.91 Å². The molecule has 2 fully saturated rings. The molecule has 0 aromatic heterocycles. The van der Waals surface area contributed by atoms with Gasteiger partial charge in [0.05, 0.1) is 13.2 Å². The number of aliphatic hydroxyl groups is 2. The monoisotopic (exact) mass is 289 g/mol. The van der Waals surface area contributed by atoms with Crippen LogP contribution in [0, 0.1) is 0 Å². The first-order chi connectivity index (χ1) is 9.50. The number of carbonyl (C=O) groups is 1. The fraction of sp³-hybridized carbons (Fsp3) is 0.923. The number of carbonyl (C=O) groups excluding carboxylic acids is 1. The van der Waals surface area contributed by atoms with Crippen LogP contribution < -0.4 is 5.32 Å². The van der Waals surface area contributed by atoms with E-state index in [9.17, 15) is 15.0 Å². The average Bonchev–Trinajstić information content (AvgIpc) is 2.81. The molecule has 0 aromatic carbocycles. The van der Waals surface area contributed by atoms with Crippen molar-refractivity contribution in [3.05, 3.63) is 0 Å². The zero-order chi connectivity index (χ0) is 14.8. The first-order valence-electron chi connectivity index (χ1n) is 7.00. The van der Waals surface area contributed by atoms with Crippen LogP contribution in [-0.2, 0) is 19.0 Å². The number of unbranched alkanes of at least 4 members (excludes halogenated alkanes) is 1. The molecule has 0 aliphatic carbocycles. The van der Waals surface area contributed by atoms with Gasteiger partial charge >= 0.3 is 0 Å². The highest BCUT2D eigenvalue weighted by atomic mass is 16.7. The smallest absolute Gasteiger partial charge is 0.217 e. The number of aliphatic hydroxyl groups excluding tert-OH is 2. The first-order valence-corrected chi connectivity index (χ1v) is 7.00. The van der Waals surface area contributed by atoms with E-state index in [4.69, 9.17) is 14.2 Å². The second kappa shape index (κ2) is 6.36. The van der Waals surface area contributed by atoms with Crippen LogP contribution in [0.1, 0.15) is 26.7 Å². The Labute approximate surface area is 118 Å². The Morgan fingerprint density at radius 2 is 2.25 bits per heavy atom. The van der Waals surface area contributed by atoms with E-state index in [0.29, 0.717) is 6.61 Å². The Hall–Kier alpha value is -0.730. The fourth-order valence-electron chi connectivity index (χ4n) is 2.56. The zero-order valence-electron chi connectivity index (χ0n) is 11.9. The zero-order valence-corrected chi connectivity index (χ0v) is 11.9. The number of amides is 1. The van der Waals surface area contributed by atoms with Crippen molar-refractivity contribution in [2.45, 2.75) is 56.8 Å². The lowest BCUT2D eigenvalue weighted by atomic mass is 9.88. The van der Waals surface area contributed by atoms with Gasteiger partial charge < -0.3 is 29.7 Å². The number of nitrogens with one attached hydrogen (secondary N) is 1. The Kier molecular flexibility index (Phi) is 4.98. The summed E-state index contributed by atoms with van der Waals surface area (Å²) in [6, 6.07) is -0.770. The normalized spacial score (nSPS) is 39.8. The number of fused-ring (bicyclic) bond motifs is 2. The summed E-state index contributed by atoms with van der Waals surface area (Å²) in [5.74, 6) is -0.313. The van der Waals surface area contributed by atoms with Gasteiger partial charge in [0.1, 0.15) is 23.9 Å². The summed E-state index contributed by atoms with van der Waals surface area (Å²) in [6.07, 6.45) is -1.13. The predicted octanol–water partition coefficient (Wildman–Crippen LogP) is -0.845. The van der Waals surface area contributed by atoms with Crippen LogP contribution in [-0.4, -0.2) is 66.1 Å². The van der Waals surface area contributed by atoms with Gasteiger partial charge in [-0.2, -0.15) is 0 Å². The number of hydrogen-bond acceptors (Lipinski definition) is 6. The van der Waals surface area contributed by atoms with E-state index in [1.54, 1.807) is 0 Å². The predicted molar refractivity (Wildman–Crippen MR) is 68.9 cm³/mol. The molecule has 116 valence electrons. The van der Waals surface area contributed by atoms with Crippen LogP contribution in [0.2, 0.25) is 0 Å². The van der Waals surface area contributed by atoms with Gasteiger partial charge in [0.15, 0.2) is 6.29 Å². The molecule has 1 amide bonds. The largest absolute Gasteiger partial charge is 0.388 e. The van der Waals surface area contributed by atoms with Crippen molar-refractivity contribution in [2.24, 2.45) is 0 Å². The van der Waals surface area contributed by atoms with Crippen LogP contribution in [0.15, 0.2) is 0 Å². The topological polar surface area (TPSA) is 97.2 Å². The lowest BCUT2D eigenvalue weighted by Crippen LogP contribution is -2.66. The molecular formula is C13H23NO6. The third-order valence-electron chi connectivity index (χ3n) is 3.72. The van der Waals surface area contributed by atoms with E-state index >= 15 is 0 Å². The third-order valence-corrected chi connectivity index (χ3v) is 3.72. The van der Waals surface area contributed by atoms with Gasteiger partial charge in [-0.3, -0.25) is 4.79 Å². The van der Waals surface area contributed by atoms with E-state index in [1.165, 1.54) is 6.92 Å². The van der Waals surface area contributed by atoms with Gasteiger partial charge in [-0.05, 0) is 6.42 Å². The lowest BCUT2D eigenvalue weighted by molar-refractivity contribution is -0.237. The molecular weight excluding hydrogens is 266 g/mol. The van der Waals surface area contributed by atoms with Crippen molar-refractivity contribution in [2.75, 3.05) is 19.8 Å². The van der Waals surface area contributed by atoms with Crippen molar-refractivity contribution in [3.8, 4) is 0 Å². The minimum atomic E-state index is -1.17. The molecule has 0 aromatic rings. The highest BCUT2D eigenvalue weighted by Gasteiger charge is 2.59. The van der Waals surface area contributed by atoms with E-state index < -0.39 is 30.1 Å². The molecule has 20 heavy (non-hydrogen) atoms. The number of rotatable bonds is 6. The molecule has 7 heteroatoms. The van der Waals surface area contributed by atoms with Gasteiger partial charge in [-0.1, -0.05) is 13.3 Å². The van der Waals surface area contributed by atoms with Crippen molar-refractivity contribution in [3.63, 3.8) is 0 Å². The quantitative estimate of drug-likeness (QED) is 0.551.